The van der Waals surface area contributed by atoms with Crippen LogP contribution in [0.25, 0.3) is 22.4 Å². The van der Waals surface area contributed by atoms with E-state index in [2.05, 4.69) is 4.98 Å². The molecule has 0 N–H and O–H groups in total. The van der Waals surface area contributed by atoms with Crippen LogP contribution in [0.1, 0.15) is 11.7 Å². The summed E-state index contributed by atoms with van der Waals surface area (Å²) in [5, 5.41) is 0. The first-order valence-corrected chi connectivity index (χ1v) is 11.3. The van der Waals surface area contributed by atoms with E-state index in [9.17, 15) is 9.18 Å². The molecule has 0 spiro atoms. The van der Waals surface area contributed by atoms with Crippen LogP contribution in [-0.4, -0.2) is 41.3 Å². The number of nitrogens with zero attached hydrogens (tertiary/aromatic N) is 4. The van der Waals surface area contributed by atoms with Crippen LogP contribution in [0.4, 0.5) is 10.3 Å². The number of ether oxygens (including phenoxy) is 2. The Bertz CT molecular complexity index is 1410. The average Bonchev–Trinajstić information content (AvgIpc) is 2.90. The Morgan fingerprint density at radius 2 is 1.86 bits per heavy atom. The van der Waals surface area contributed by atoms with E-state index in [0.29, 0.717) is 42.7 Å². The average molecular weight is 473 g/mol. The summed E-state index contributed by atoms with van der Waals surface area (Å²) in [6, 6.07) is 17.4. The Balaban J connectivity index is 1.50. The fourth-order valence-corrected chi connectivity index (χ4v) is 4.35. The van der Waals surface area contributed by atoms with Crippen LogP contribution in [-0.2, 0) is 11.8 Å². The van der Waals surface area contributed by atoms with Crippen molar-refractivity contribution in [1.82, 2.24) is 14.5 Å². The van der Waals surface area contributed by atoms with Crippen molar-refractivity contribution in [3.8, 4) is 28.1 Å². The third kappa shape index (κ3) is 4.52. The van der Waals surface area contributed by atoms with Crippen LogP contribution >= 0.6 is 0 Å². The molecule has 1 unspecified atom stereocenters. The molecule has 7 nitrogen and oxygen atoms in total. The van der Waals surface area contributed by atoms with Gasteiger partial charge in [-0.3, -0.25) is 14.3 Å². The van der Waals surface area contributed by atoms with Gasteiger partial charge in [0, 0.05) is 48.7 Å². The number of anilines is 1. The zero-order chi connectivity index (χ0) is 24.4. The molecule has 1 aliphatic heterocycles. The molecule has 1 fully saturated rings. The molecule has 0 radical (unpaired) electrons. The first-order valence-electron chi connectivity index (χ1n) is 11.3. The van der Waals surface area contributed by atoms with E-state index in [1.54, 1.807) is 43.3 Å². The van der Waals surface area contributed by atoms with Crippen LogP contribution < -0.4 is 15.2 Å². The number of benzene rings is 2. The molecule has 0 saturated carbocycles. The third-order valence-corrected chi connectivity index (χ3v) is 6.20. The highest BCUT2D eigenvalue weighted by molar-refractivity contribution is 5.67. The fraction of sp³-hybridized carbons (Fsp3) is 0.222. The number of hydrogen-bond donors (Lipinski definition) is 0. The van der Waals surface area contributed by atoms with Gasteiger partial charge in [-0.15, -0.1) is 0 Å². The van der Waals surface area contributed by atoms with E-state index in [4.69, 9.17) is 14.5 Å². The van der Waals surface area contributed by atoms with Crippen molar-refractivity contribution in [3.63, 3.8) is 0 Å². The second-order valence-corrected chi connectivity index (χ2v) is 8.32. The van der Waals surface area contributed by atoms with E-state index in [1.807, 2.05) is 41.3 Å². The Morgan fingerprint density at radius 1 is 1.06 bits per heavy atom. The quantitative estimate of drug-likeness (QED) is 0.433. The third-order valence-electron chi connectivity index (χ3n) is 6.20. The Morgan fingerprint density at radius 3 is 2.63 bits per heavy atom. The highest BCUT2D eigenvalue weighted by atomic mass is 19.1. The lowest BCUT2D eigenvalue weighted by molar-refractivity contribution is 0.0375. The van der Waals surface area contributed by atoms with Gasteiger partial charge in [0.1, 0.15) is 17.7 Å². The Kier molecular flexibility index (Phi) is 6.29. The molecular formula is C27H25FN4O3. The number of hydrogen-bond acceptors (Lipinski definition) is 6. The number of pyridine rings is 1. The lowest BCUT2D eigenvalue weighted by atomic mass is 9.98. The second kappa shape index (κ2) is 9.68. The maximum atomic E-state index is 14.5. The van der Waals surface area contributed by atoms with Gasteiger partial charge in [-0.1, -0.05) is 24.3 Å². The van der Waals surface area contributed by atoms with Crippen molar-refractivity contribution in [2.24, 2.45) is 7.05 Å². The molecule has 0 amide bonds. The fourth-order valence-electron chi connectivity index (χ4n) is 4.35. The molecule has 1 atom stereocenters. The standard InChI is InChI=1S/C27H25FN4O3/c1-31-26(33)16-23(18-9-11-29-12-10-18)30-27(31)32-13-14-35-25(17-32)21-15-19(7-8-24(21)34-2)20-5-3-4-6-22(20)28/h3-12,15-16,25H,13-14,17H2,1-2H3. The molecule has 0 bridgehead atoms. The van der Waals surface area contributed by atoms with Crippen LogP contribution in [0.15, 0.2) is 77.9 Å². The molecule has 178 valence electrons. The summed E-state index contributed by atoms with van der Waals surface area (Å²) in [4.78, 5) is 23.6. The molecular weight excluding hydrogens is 447 g/mol. The van der Waals surface area contributed by atoms with Gasteiger partial charge in [0.25, 0.3) is 5.56 Å². The van der Waals surface area contributed by atoms with E-state index in [1.165, 1.54) is 12.1 Å². The van der Waals surface area contributed by atoms with Gasteiger partial charge in [-0.25, -0.2) is 9.37 Å². The van der Waals surface area contributed by atoms with Crippen LogP contribution in [0.2, 0.25) is 0 Å². The minimum absolute atomic E-state index is 0.149. The number of halogens is 1. The zero-order valence-corrected chi connectivity index (χ0v) is 19.5. The molecule has 3 heterocycles. The van der Waals surface area contributed by atoms with Gasteiger partial charge < -0.3 is 14.4 Å². The van der Waals surface area contributed by atoms with E-state index in [-0.39, 0.29) is 17.5 Å². The number of methoxy groups -OCH3 is 1. The maximum absolute atomic E-state index is 14.5. The van der Waals surface area contributed by atoms with Crippen molar-refractivity contribution in [2.45, 2.75) is 6.10 Å². The normalized spacial score (nSPS) is 15.7. The molecule has 5 rings (SSSR count). The van der Waals surface area contributed by atoms with Gasteiger partial charge in [-0.05, 0) is 35.9 Å². The summed E-state index contributed by atoms with van der Waals surface area (Å²) in [6.07, 6.45) is 2.99. The summed E-state index contributed by atoms with van der Waals surface area (Å²) in [5.74, 6) is 0.924. The summed E-state index contributed by atoms with van der Waals surface area (Å²) < 4.78 is 27.7. The zero-order valence-electron chi connectivity index (χ0n) is 19.5. The molecule has 1 aliphatic rings. The lowest BCUT2D eigenvalue weighted by Gasteiger charge is -2.35. The summed E-state index contributed by atoms with van der Waals surface area (Å²) >= 11 is 0. The molecule has 2 aromatic carbocycles. The monoisotopic (exact) mass is 472 g/mol. The van der Waals surface area contributed by atoms with Crippen LogP contribution in [0.3, 0.4) is 0 Å². The molecule has 0 aliphatic carbocycles. The summed E-state index contributed by atoms with van der Waals surface area (Å²) in [7, 11) is 3.32. The van der Waals surface area contributed by atoms with Gasteiger partial charge >= 0.3 is 0 Å². The van der Waals surface area contributed by atoms with E-state index < -0.39 is 0 Å². The van der Waals surface area contributed by atoms with Gasteiger partial charge in [0.2, 0.25) is 5.95 Å². The first kappa shape index (κ1) is 22.7. The highest BCUT2D eigenvalue weighted by Crippen LogP contribution is 2.35. The lowest BCUT2D eigenvalue weighted by Crippen LogP contribution is -2.41. The van der Waals surface area contributed by atoms with Crippen molar-refractivity contribution in [2.75, 3.05) is 31.7 Å². The number of aromatic nitrogens is 3. The van der Waals surface area contributed by atoms with Crippen molar-refractivity contribution in [3.05, 3.63) is 94.8 Å². The Hall–Kier alpha value is -4.04. The van der Waals surface area contributed by atoms with Gasteiger partial charge in [-0.2, -0.15) is 0 Å². The van der Waals surface area contributed by atoms with E-state index in [0.717, 1.165) is 16.7 Å². The molecule has 2 aromatic heterocycles. The first-order chi connectivity index (χ1) is 17.0. The molecule has 1 saturated heterocycles. The van der Waals surface area contributed by atoms with Crippen molar-refractivity contribution >= 4 is 5.95 Å². The van der Waals surface area contributed by atoms with Crippen LogP contribution in [0, 0.1) is 5.82 Å². The topological polar surface area (TPSA) is 69.5 Å². The molecule has 8 heteroatoms. The maximum Gasteiger partial charge on any atom is 0.255 e. The van der Waals surface area contributed by atoms with Crippen LogP contribution in [0.5, 0.6) is 5.75 Å². The van der Waals surface area contributed by atoms with Gasteiger partial charge in [0.15, 0.2) is 0 Å². The summed E-state index contributed by atoms with van der Waals surface area (Å²) in [5.41, 5.74) is 3.33. The largest absolute Gasteiger partial charge is 0.496 e. The van der Waals surface area contributed by atoms with Gasteiger partial charge in [0.05, 0.1) is 26.0 Å². The highest BCUT2D eigenvalue weighted by Gasteiger charge is 2.28. The number of morpholine rings is 1. The minimum atomic E-state index is -0.355. The molecule has 4 aromatic rings. The SMILES string of the molecule is COc1ccc(-c2ccccc2F)cc1C1CN(c2nc(-c3ccncc3)cc(=O)n2C)CCO1. The Labute approximate surface area is 202 Å². The second-order valence-electron chi connectivity index (χ2n) is 8.32. The molecule has 35 heavy (non-hydrogen) atoms. The number of rotatable bonds is 5. The predicted molar refractivity (Wildman–Crippen MR) is 132 cm³/mol. The summed E-state index contributed by atoms with van der Waals surface area (Å²) in [6.45, 7) is 1.47. The van der Waals surface area contributed by atoms with Crippen molar-refractivity contribution in [1.29, 1.82) is 0 Å². The smallest absolute Gasteiger partial charge is 0.255 e. The van der Waals surface area contributed by atoms with Crippen molar-refractivity contribution < 1.29 is 13.9 Å². The predicted octanol–water partition coefficient (Wildman–Crippen LogP) is 4.23. The van der Waals surface area contributed by atoms with E-state index >= 15 is 0 Å². The minimum Gasteiger partial charge on any atom is -0.496 e.